The van der Waals surface area contributed by atoms with Crippen LogP contribution in [0.3, 0.4) is 0 Å². The average Bonchev–Trinajstić information content (AvgIpc) is 2.12. The summed E-state index contributed by atoms with van der Waals surface area (Å²) in [6.45, 7) is 5.66. The average molecular weight is 332 g/mol. The van der Waals surface area contributed by atoms with E-state index in [-0.39, 0.29) is 11.6 Å². The van der Waals surface area contributed by atoms with E-state index in [4.69, 9.17) is 4.74 Å². The fourth-order valence-corrected chi connectivity index (χ4v) is 1.94. The largest absolute Gasteiger partial charge is 0.460 e. The second kappa shape index (κ2) is 5.66. The van der Waals surface area contributed by atoms with Gasteiger partial charge in [-0.1, -0.05) is 12.1 Å². The van der Waals surface area contributed by atoms with Crippen molar-refractivity contribution in [3.8, 4) is 0 Å². The van der Waals surface area contributed by atoms with Gasteiger partial charge in [0.2, 0.25) is 0 Å². The minimum atomic E-state index is -0.387. The number of esters is 1. The molecule has 0 heterocycles. The Morgan fingerprint density at radius 2 is 2.06 bits per heavy atom. The third kappa shape index (κ3) is 5.49. The van der Waals surface area contributed by atoms with Gasteiger partial charge in [0.15, 0.2) is 0 Å². The number of ether oxygens (including phenoxy) is 1. The van der Waals surface area contributed by atoms with Crippen LogP contribution in [-0.2, 0) is 16.0 Å². The highest BCUT2D eigenvalue weighted by atomic mass is 127. The number of aryl methyl sites for hydroxylation is 1. The standard InChI is InChI=1S/C13H17IO2/c1-13(2,3)16-12(15)8-7-10-5-4-6-11(14)9-10/h4-6,9H,7-8H2,1-3H3. The molecule has 0 bridgehead atoms. The van der Waals surface area contributed by atoms with Crippen molar-refractivity contribution in [2.75, 3.05) is 0 Å². The Labute approximate surface area is 111 Å². The Hall–Kier alpha value is -0.580. The molecule has 0 spiro atoms. The van der Waals surface area contributed by atoms with E-state index in [1.54, 1.807) is 0 Å². The maximum Gasteiger partial charge on any atom is 0.306 e. The predicted molar refractivity (Wildman–Crippen MR) is 73.3 cm³/mol. The van der Waals surface area contributed by atoms with Crippen molar-refractivity contribution in [3.63, 3.8) is 0 Å². The Morgan fingerprint density at radius 1 is 1.38 bits per heavy atom. The molecule has 0 aromatic heterocycles. The van der Waals surface area contributed by atoms with E-state index >= 15 is 0 Å². The molecule has 0 aliphatic heterocycles. The van der Waals surface area contributed by atoms with Crippen molar-refractivity contribution >= 4 is 28.6 Å². The van der Waals surface area contributed by atoms with E-state index in [1.165, 1.54) is 9.13 Å². The predicted octanol–water partition coefficient (Wildman–Crippen LogP) is 3.57. The van der Waals surface area contributed by atoms with Gasteiger partial charge in [0.05, 0.1) is 0 Å². The van der Waals surface area contributed by atoms with Gasteiger partial charge in [-0.15, -0.1) is 0 Å². The van der Waals surface area contributed by atoms with Crippen LogP contribution in [0.1, 0.15) is 32.8 Å². The first-order chi connectivity index (χ1) is 7.37. The number of hydrogen-bond acceptors (Lipinski definition) is 2. The molecule has 0 atom stereocenters. The van der Waals surface area contributed by atoms with E-state index < -0.39 is 0 Å². The van der Waals surface area contributed by atoms with E-state index in [2.05, 4.69) is 28.7 Å². The SMILES string of the molecule is CC(C)(C)OC(=O)CCc1cccc(I)c1. The van der Waals surface area contributed by atoms with Crippen molar-refractivity contribution in [2.24, 2.45) is 0 Å². The molecule has 0 unspecified atom stereocenters. The fourth-order valence-electron chi connectivity index (χ4n) is 1.33. The lowest BCUT2D eigenvalue weighted by Crippen LogP contribution is -2.24. The highest BCUT2D eigenvalue weighted by Crippen LogP contribution is 2.12. The molecular formula is C13H17IO2. The Balaban J connectivity index is 2.43. The zero-order valence-electron chi connectivity index (χ0n) is 9.92. The first kappa shape index (κ1) is 13.5. The molecule has 0 N–H and O–H groups in total. The van der Waals surface area contributed by atoms with Crippen LogP contribution in [0.25, 0.3) is 0 Å². The molecule has 2 nitrogen and oxygen atoms in total. The number of benzene rings is 1. The normalized spacial score (nSPS) is 11.2. The Morgan fingerprint density at radius 3 is 2.62 bits per heavy atom. The minimum Gasteiger partial charge on any atom is -0.460 e. The van der Waals surface area contributed by atoms with Crippen LogP contribution in [0.15, 0.2) is 24.3 Å². The maximum absolute atomic E-state index is 11.5. The quantitative estimate of drug-likeness (QED) is 0.625. The minimum absolute atomic E-state index is 0.133. The second-order valence-corrected chi connectivity index (χ2v) is 5.96. The van der Waals surface area contributed by atoms with E-state index in [9.17, 15) is 4.79 Å². The van der Waals surface area contributed by atoms with Gasteiger partial charge in [0.1, 0.15) is 5.60 Å². The van der Waals surface area contributed by atoms with Crippen molar-refractivity contribution in [1.29, 1.82) is 0 Å². The molecule has 0 radical (unpaired) electrons. The number of halogens is 1. The van der Waals surface area contributed by atoms with Crippen LogP contribution in [-0.4, -0.2) is 11.6 Å². The molecular weight excluding hydrogens is 315 g/mol. The van der Waals surface area contributed by atoms with Crippen molar-refractivity contribution in [1.82, 2.24) is 0 Å². The molecule has 88 valence electrons. The first-order valence-electron chi connectivity index (χ1n) is 5.33. The molecule has 0 saturated heterocycles. The molecule has 0 fully saturated rings. The third-order valence-corrected chi connectivity index (χ3v) is 2.60. The summed E-state index contributed by atoms with van der Waals surface area (Å²) in [6.07, 6.45) is 1.18. The van der Waals surface area contributed by atoms with Gasteiger partial charge in [-0.2, -0.15) is 0 Å². The second-order valence-electron chi connectivity index (χ2n) is 4.72. The summed E-state index contributed by atoms with van der Waals surface area (Å²) >= 11 is 2.27. The lowest BCUT2D eigenvalue weighted by atomic mass is 10.1. The van der Waals surface area contributed by atoms with Gasteiger partial charge in [-0.3, -0.25) is 4.79 Å². The maximum atomic E-state index is 11.5. The lowest BCUT2D eigenvalue weighted by molar-refractivity contribution is -0.154. The smallest absolute Gasteiger partial charge is 0.306 e. The van der Waals surface area contributed by atoms with Crippen LogP contribution in [0.5, 0.6) is 0 Å². The summed E-state index contributed by atoms with van der Waals surface area (Å²) in [5.41, 5.74) is 0.792. The molecule has 0 aliphatic rings. The van der Waals surface area contributed by atoms with Crippen LogP contribution >= 0.6 is 22.6 Å². The summed E-state index contributed by atoms with van der Waals surface area (Å²) < 4.78 is 6.44. The van der Waals surface area contributed by atoms with Crippen LogP contribution < -0.4 is 0 Å². The molecule has 3 heteroatoms. The Kier molecular flexibility index (Phi) is 4.77. The van der Waals surface area contributed by atoms with Crippen LogP contribution in [0.4, 0.5) is 0 Å². The summed E-state index contributed by atoms with van der Waals surface area (Å²) in [5, 5.41) is 0. The van der Waals surface area contributed by atoms with E-state index in [0.29, 0.717) is 6.42 Å². The molecule has 1 rings (SSSR count). The highest BCUT2D eigenvalue weighted by Gasteiger charge is 2.15. The topological polar surface area (TPSA) is 26.3 Å². The monoisotopic (exact) mass is 332 g/mol. The van der Waals surface area contributed by atoms with Crippen LogP contribution in [0.2, 0.25) is 0 Å². The zero-order valence-corrected chi connectivity index (χ0v) is 12.1. The van der Waals surface area contributed by atoms with Gasteiger partial charge in [0, 0.05) is 9.99 Å². The van der Waals surface area contributed by atoms with Crippen LogP contribution in [0, 0.1) is 3.57 Å². The zero-order chi connectivity index (χ0) is 12.2. The van der Waals surface area contributed by atoms with Crippen molar-refractivity contribution in [2.45, 2.75) is 39.2 Å². The van der Waals surface area contributed by atoms with Gasteiger partial charge in [0.25, 0.3) is 0 Å². The lowest BCUT2D eigenvalue weighted by Gasteiger charge is -2.19. The summed E-state index contributed by atoms with van der Waals surface area (Å²) in [5.74, 6) is -0.133. The molecule has 1 aromatic carbocycles. The van der Waals surface area contributed by atoms with Crippen molar-refractivity contribution < 1.29 is 9.53 Å². The molecule has 1 aromatic rings. The summed E-state index contributed by atoms with van der Waals surface area (Å²) in [4.78, 5) is 11.5. The molecule has 0 amide bonds. The number of carbonyl (C=O) groups is 1. The fraction of sp³-hybridized carbons (Fsp3) is 0.462. The van der Waals surface area contributed by atoms with E-state index in [0.717, 1.165) is 6.42 Å². The van der Waals surface area contributed by atoms with E-state index in [1.807, 2.05) is 39.0 Å². The van der Waals surface area contributed by atoms with Gasteiger partial charge >= 0.3 is 5.97 Å². The highest BCUT2D eigenvalue weighted by molar-refractivity contribution is 14.1. The molecule has 0 aliphatic carbocycles. The van der Waals surface area contributed by atoms with Crippen molar-refractivity contribution in [3.05, 3.63) is 33.4 Å². The number of rotatable bonds is 3. The Bertz CT molecular complexity index is 366. The third-order valence-electron chi connectivity index (χ3n) is 1.93. The molecule has 16 heavy (non-hydrogen) atoms. The van der Waals surface area contributed by atoms with Gasteiger partial charge < -0.3 is 4.74 Å². The number of hydrogen-bond donors (Lipinski definition) is 0. The summed E-state index contributed by atoms with van der Waals surface area (Å²) in [7, 11) is 0. The number of carbonyl (C=O) groups excluding carboxylic acids is 1. The van der Waals surface area contributed by atoms with Gasteiger partial charge in [-0.25, -0.2) is 0 Å². The summed E-state index contributed by atoms with van der Waals surface area (Å²) in [6, 6.07) is 8.17. The molecule has 0 saturated carbocycles. The van der Waals surface area contributed by atoms with Gasteiger partial charge in [-0.05, 0) is 67.5 Å². The first-order valence-corrected chi connectivity index (χ1v) is 6.41.